The number of aromatic nitrogens is 1. The van der Waals surface area contributed by atoms with Crippen LogP contribution in [0.15, 0.2) is 53.1 Å². The van der Waals surface area contributed by atoms with Crippen LogP contribution in [0.5, 0.6) is 5.75 Å². The average molecular weight is 383 g/mol. The topological polar surface area (TPSA) is 93.5 Å². The first-order valence-electron chi connectivity index (χ1n) is 8.45. The van der Waals surface area contributed by atoms with E-state index >= 15 is 0 Å². The molecule has 0 aliphatic carbocycles. The lowest BCUT2D eigenvalue weighted by Crippen LogP contribution is -2.41. The van der Waals surface area contributed by atoms with Gasteiger partial charge in [-0.2, -0.15) is 0 Å². The Morgan fingerprint density at radius 3 is 2.54 bits per heavy atom. The van der Waals surface area contributed by atoms with Gasteiger partial charge < -0.3 is 9.26 Å². The molecular formula is C20H18FN3O4. The van der Waals surface area contributed by atoms with E-state index in [1.807, 2.05) is 6.92 Å². The van der Waals surface area contributed by atoms with Crippen LogP contribution in [-0.2, 0) is 6.61 Å². The maximum atomic E-state index is 13.6. The number of carbonyl (C=O) groups excluding carboxylic acids is 2. The van der Waals surface area contributed by atoms with Crippen LogP contribution >= 0.6 is 0 Å². The van der Waals surface area contributed by atoms with Crippen molar-refractivity contribution in [2.45, 2.75) is 20.5 Å². The van der Waals surface area contributed by atoms with Crippen molar-refractivity contribution in [2.75, 3.05) is 0 Å². The minimum atomic E-state index is -0.753. The van der Waals surface area contributed by atoms with Gasteiger partial charge in [0.2, 0.25) is 0 Å². The van der Waals surface area contributed by atoms with Crippen LogP contribution in [0, 0.1) is 19.7 Å². The molecule has 3 rings (SSSR count). The van der Waals surface area contributed by atoms with E-state index in [0.29, 0.717) is 11.5 Å². The Balaban J connectivity index is 1.61. The Hall–Kier alpha value is -3.68. The first-order chi connectivity index (χ1) is 13.5. The lowest BCUT2D eigenvalue weighted by atomic mass is 10.2. The molecule has 0 fully saturated rings. The maximum Gasteiger partial charge on any atom is 0.272 e. The third-order valence-electron chi connectivity index (χ3n) is 4.07. The molecule has 2 aromatic carbocycles. The number of amides is 2. The van der Waals surface area contributed by atoms with Gasteiger partial charge in [0.05, 0.1) is 16.8 Å². The van der Waals surface area contributed by atoms with Crippen molar-refractivity contribution in [2.24, 2.45) is 0 Å². The summed E-state index contributed by atoms with van der Waals surface area (Å²) in [6.07, 6.45) is 0. The summed E-state index contributed by atoms with van der Waals surface area (Å²) < 4.78 is 24.4. The molecule has 2 N–H and O–H groups in total. The number of hydrogen-bond donors (Lipinski definition) is 2. The zero-order chi connectivity index (χ0) is 20.1. The van der Waals surface area contributed by atoms with Gasteiger partial charge in [-0.3, -0.25) is 20.4 Å². The van der Waals surface area contributed by atoms with Crippen molar-refractivity contribution in [1.82, 2.24) is 16.0 Å². The predicted octanol–water partition coefficient (Wildman–Crippen LogP) is 3.08. The lowest BCUT2D eigenvalue weighted by molar-refractivity contribution is 0.0844. The second-order valence-corrected chi connectivity index (χ2v) is 6.01. The van der Waals surface area contributed by atoms with E-state index in [0.717, 1.165) is 17.3 Å². The third kappa shape index (κ3) is 4.35. The van der Waals surface area contributed by atoms with Crippen LogP contribution in [-0.4, -0.2) is 17.0 Å². The molecule has 0 saturated heterocycles. The quantitative estimate of drug-likeness (QED) is 0.661. The molecule has 3 aromatic rings. The standard InChI is InChI=1S/C20H18FN3O4/c1-12-17(13(2)28-24-12)11-27-15-7-5-6-14(10-15)19(25)22-23-20(26)16-8-3-4-9-18(16)21/h3-10H,11H2,1-2H3,(H,22,25)(H,23,26). The summed E-state index contributed by atoms with van der Waals surface area (Å²) in [7, 11) is 0. The zero-order valence-corrected chi connectivity index (χ0v) is 15.3. The fourth-order valence-electron chi connectivity index (χ4n) is 2.49. The summed E-state index contributed by atoms with van der Waals surface area (Å²) in [6.45, 7) is 3.86. The smallest absolute Gasteiger partial charge is 0.272 e. The van der Waals surface area contributed by atoms with E-state index < -0.39 is 17.6 Å². The molecule has 7 nitrogen and oxygen atoms in total. The number of nitrogens with one attached hydrogen (secondary N) is 2. The molecule has 0 aliphatic heterocycles. The van der Waals surface area contributed by atoms with Crippen LogP contribution in [0.3, 0.4) is 0 Å². The number of carbonyl (C=O) groups is 2. The largest absolute Gasteiger partial charge is 0.489 e. The van der Waals surface area contributed by atoms with Gasteiger partial charge in [-0.25, -0.2) is 4.39 Å². The van der Waals surface area contributed by atoms with Crippen molar-refractivity contribution in [3.63, 3.8) is 0 Å². The van der Waals surface area contributed by atoms with Gasteiger partial charge in [0.15, 0.2) is 0 Å². The van der Waals surface area contributed by atoms with E-state index in [2.05, 4.69) is 16.0 Å². The van der Waals surface area contributed by atoms with Gasteiger partial charge in [0.25, 0.3) is 11.8 Å². The SMILES string of the molecule is Cc1noc(C)c1COc1cccc(C(=O)NNC(=O)c2ccccc2F)c1. The number of hydrogen-bond acceptors (Lipinski definition) is 5. The first kappa shape index (κ1) is 19.1. The minimum absolute atomic E-state index is 0.167. The number of ether oxygens (including phenoxy) is 1. The van der Waals surface area contributed by atoms with Crippen molar-refractivity contribution in [3.05, 3.63) is 82.5 Å². The highest BCUT2D eigenvalue weighted by Crippen LogP contribution is 2.18. The van der Waals surface area contributed by atoms with Gasteiger partial charge >= 0.3 is 0 Å². The van der Waals surface area contributed by atoms with Crippen molar-refractivity contribution in [3.8, 4) is 5.75 Å². The van der Waals surface area contributed by atoms with Crippen LogP contribution in [0.4, 0.5) is 4.39 Å². The zero-order valence-electron chi connectivity index (χ0n) is 15.3. The van der Waals surface area contributed by atoms with Crippen LogP contribution < -0.4 is 15.6 Å². The molecule has 1 aromatic heterocycles. The number of rotatable bonds is 5. The number of halogens is 1. The maximum absolute atomic E-state index is 13.6. The van der Waals surface area contributed by atoms with E-state index in [1.54, 1.807) is 25.1 Å². The Morgan fingerprint density at radius 1 is 1.07 bits per heavy atom. The molecular weight excluding hydrogens is 365 g/mol. The van der Waals surface area contributed by atoms with Crippen LogP contribution in [0.2, 0.25) is 0 Å². The summed E-state index contributed by atoms with van der Waals surface area (Å²) in [5.41, 5.74) is 6.12. The molecule has 28 heavy (non-hydrogen) atoms. The summed E-state index contributed by atoms with van der Waals surface area (Å²) in [4.78, 5) is 24.2. The average Bonchev–Trinajstić information content (AvgIpc) is 3.02. The van der Waals surface area contributed by atoms with Gasteiger partial charge in [0, 0.05) is 5.56 Å². The highest BCUT2D eigenvalue weighted by Gasteiger charge is 2.14. The van der Waals surface area contributed by atoms with Gasteiger partial charge in [-0.05, 0) is 44.2 Å². The molecule has 0 atom stereocenters. The second kappa shape index (κ2) is 8.34. The van der Waals surface area contributed by atoms with Crippen molar-refractivity contribution < 1.29 is 23.2 Å². The van der Waals surface area contributed by atoms with E-state index in [1.165, 1.54) is 24.3 Å². The molecule has 0 bridgehead atoms. The van der Waals surface area contributed by atoms with Gasteiger partial charge in [-0.15, -0.1) is 0 Å². The number of benzene rings is 2. The van der Waals surface area contributed by atoms with Crippen molar-refractivity contribution >= 4 is 11.8 Å². The Kier molecular flexibility index (Phi) is 5.69. The Bertz CT molecular complexity index is 997. The van der Waals surface area contributed by atoms with Gasteiger partial charge in [0.1, 0.15) is 23.9 Å². The molecule has 0 unspecified atom stereocenters. The number of hydrazine groups is 1. The molecule has 8 heteroatoms. The predicted molar refractivity (Wildman–Crippen MR) is 98.1 cm³/mol. The van der Waals surface area contributed by atoms with Gasteiger partial charge in [-0.1, -0.05) is 23.4 Å². The normalized spacial score (nSPS) is 10.4. The summed E-state index contributed by atoms with van der Waals surface area (Å²) in [6, 6.07) is 11.9. The molecule has 1 heterocycles. The Labute approximate surface area is 160 Å². The Morgan fingerprint density at radius 2 is 1.82 bits per heavy atom. The molecule has 0 radical (unpaired) electrons. The fraction of sp³-hybridized carbons (Fsp3) is 0.150. The van der Waals surface area contributed by atoms with Crippen LogP contribution in [0.25, 0.3) is 0 Å². The number of aryl methyl sites for hydroxylation is 2. The monoisotopic (exact) mass is 383 g/mol. The minimum Gasteiger partial charge on any atom is -0.489 e. The molecule has 2 amide bonds. The lowest BCUT2D eigenvalue weighted by Gasteiger charge is -2.10. The van der Waals surface area contributed by atoms with E-state index in [9.17, 15) is 14.0 Å². The molecule has 0 spiro atoms. The molecule has 0 saturated carbocycles. The highest BCUT2D eigenvalue weighted by molar-refractivity contribution is 5.99. The summed E-state index contributed by atoms with van der Waals surface area (Å²) in [5, 5.41) is 3.86. The van der Waals surface area contributed by atoms with E-state index in [-0.39, 0.29) is 17.7 Å². The van der Waals surface area contributed by atoms with Crippen molar-refractivity contribution in [1.29, 1.82) is 0 Å². The first-order valence-corrected chi connectivity index (χ1v) is 8.45. The summed E-state index contributed by atoms with van der Waals surface area (Å²) >= 11 is 0. The third-order valence-corrected chi connectivity index (χ3v) is 4.07. The molecule has 144 valence electrons. The van der Waals surface area contributed by atoms with Crippen LogP contribution in [0.1, 0.15) is 37.7 Å². The fourth-order valence-corrected chi connectivity index (χ4v) is 2.49. The second-order valence-electron chi connectivity index (χ2n) is 6.01. The molecule has 0 aliphatic rings. The number of nitrogens with zero attached hydrogens (tertiary/aromatic N) is 1. The summed E-state index contributed by atoms with van der Waals surface area (Å²) in [5.74, 6) is -0.857. The van der Waals surface area contributed by atoms with E-state index in [4.69, 9.17) is 9.26 Å². The highest BCUT2D eigenvalue weighted by atomic mass is 19.1.